The minimum atomic E-state index is -1.45. The lowest BCUT2D eigenvalue weighted by Gasteiger charge is -2.55. The molecular weight excluding hydrogens is 680 g/mol. The first-order chi connectivity index (χ1) is 24.8. The maximum Gasteiger partial charge on any atom is 0.309 e. The molecule has 4 saturated heterocycles. The van der Waals surface area contributed by atoms with Gasteiger partial charge in [-0.15, -0.1) is 0 Å². The monoisotopic (exact) mass is 750 g/mol. The van der Waals surface area contributed by atoms with E-state index in [2.05, 4.69) is 13.8 Å². The zero-order valence-corrected chi connectivity index (χ0v) is 34.0. The van der Waals surface area contributed by atoms with Crippen LogP contribution in [0.15, 0.2) is 12.2 Å². The summed E-state index contributed by atoms with van der Waals surface area (Å²) in [6, 6.07) is 0. The van der Waals surface area contributed by atoms with Crippen molar-refractivity contribution in [3.63, 3.8) is 0 Å². The number of carbonyl (C=O) groups excluding carboxylic acids is 1. The summed E-state index contributed by atoms with van der Waals surface area (Å²) in [5, 5.41) is 44.2. The average molecular weight is 751 g/mol. The molecule has 5 aliphatic heterocycles. The van der Waals surface area contributed by atoms with Crippen molar-refractivity contribution in [1.82, 2.24) is 0 Å². The van der Waals surface area contributed by atoms with Crippen LogP contribution in [-0.4, -0.2) is 97.7 Å². The summed E-state index contributed by atoms with van der Waals surface area (Å²) in [6.07, 6.45) is 5.55. The van der Waals surface area contributed by atoms with Gasteiger partial charge in [0.1, 0.15) is 11.9 Å². The number of ketones is 1. The Labute approximate surface area is 317 Å². The van der Waals surface area contributed by atoms with Gasteiger partial charge in [0, 0.05) is 30.1 Å². The summed E-state index contributed by atoms with van der Waals surface area (Å²) in [4.78, 5) is 26.4. The Kier molecular flexibility index (Phi) is 13.0. The molecular formula is C42H70O11. The van der Waals surface area contributed by atoms with E-state index in [0.717, 1.165) is 6.42 Å². The van der Waals surface area contributed by atoms with E-state index in [1.165, 1.54) is 0 Å². The third-order valence-corrected chi connectivity index (χ3v) is 14.4. The highest BCUT2D eigenvalue weighted by molar-refractivity contribution is 5.84. The quantitative estimate of drug-likeness (QED) is 0.169. The van der Waals surface area contributed by atoms with E-state index in [1.54, 1.807) is 19.1 Å². The smallest absolute Gasteiger partial charge is 0.309 e. The van der Waals surface area contributed by atoms with E-state index < -0.39 is 76.8 Å². The fraction of sp³-hybridized carbons (Fsp3) is 0.905. The molecule has 0 aliphatic carbocycles. The molecule has 0 aromatic rings. The predicted molar refractivity (Wildman–Crippen MR) is 199 cm³/mol. The molecule has 11 nitrogen and oxygen atoms in total. The number of hydrogen-bond donors (Lipinski definition) is 4. The zero-order chi connectivity index (χ0) is 39.3. The average Bonchev–Trinajstić information content (AvgIpc) is 3.46. The number of aliphatic hydroxyl groups excluding tert-OH is 2. The molecule has 2 spiro atoms. The maximum atomic E-state index is 14.4. The van der Waals surface area contributed by atoms with Crippen LogP contribution in [0.1, 0.15) is 133 Å². The first-order valence-electron chi connectivity index (χ1n) is 20.7. The molecule has 0 bridgehead atoms. The van der Waals surface area contributed by atoms with Crippen molar-refractivity contribution in [2.75, 3.05) is 0 Å². The fourth-order valence-corrected chi connectivity index (χ4v) is 10.6. The zero-order valence-electron chi connectivity index (χ0n) is 34.0. The van der Waals surface area contributed by atoms with Crippen LogP contribution < -0.4 is 0 Å². The normalized spacial score (nSPS) is 46.2. The summed E-state index contributed by atoms with van der Waals surface area (Å²) < 4.78 is 33.5. The van der Waals surface area contributed by atoms with Crippen LogP contribution in [0, 0.1) is 41.4 Å². The largest absolute Gasteiger partial charge is 0.481 e. The van der Waals surface area contributed by atoms with Crippen LogP contribution in [0.4, 0.5) is 0 Å². The molecule has 18 atom stereocenters. The molecule has 0 radical (unpaired) electrons. The molecule has 5 aliphatic rings. The Hall–Kier alpha value is -1.44. The van der Waals surface area contributed by atoms with E-state index in [9.17, 15) is 30.0 Å². The SMILES string of the molecule is CCC(C(=O)[C@@H](C)[C@@H](O)[C@H](C)[C@@H]1O[C@@H]([C@@H](CC)C(=O)O)CC[C@@H]1C)[C@H]1O[C@@]2(O[C@]3(C=C[C@@H]2O)CC[C@@](C)([C@H]2CC[C@](O)(CC)[C@H](C)O2)O3)[C@H](C)C[C@@H]1C. The third-order valence-electron chi connectivity index (χ3n) is 14.4. The van der Waals surface area contributed by atoms with Gasteiger partial charge in [-0.05, 0) is 95.6 Å². The van der Waals surface area contributed by atoms with Gasteiger partial charge in [-0.1, -0.05) is 55.4 Å². The highest BCUT2D eigenvalue weighted by Gasteiger charge is 2.63. The van der Waals surface area contributed by atoms with Crippen molar-refractivity contribution in [2.45, 2.75) is 199 Å². The second-order valence-electron chi connectivity index (χ2n) is 17.9. The van der Waals surface area contributed by atoms with E-state index >= 15 is 0 Å². The molecule has 0 amide bonds. The molecule has 4 N–H and O–H groups in total. The number of Topliss-reactive ketones (excluding diaryl/α,β-unsaturated/α-hetero) is 1. The van der Waals surface area contributed by atoms with Gasteiger partial charge in [0.15, 0.2) is 5.79 Å². The minimum absolute atomic E-state index is 0.0300. The molecule has 304 valence electrons. The summed E-state index contributed by atoms with van der Waals surface area (Å²) in [7, 11) is 0. The summed E-state index contributed by atoms with van der Waals surface area (Å²) in [5.74, 6) is -6.06. The number of carboxylic acids is 1. The van der Waals surface area contributed by atoms with E-state index in [4.69, 9.17) is 23.7 Å². The van der Waals surface area contributed by atoms with E-state index in [0.29, 0.717) is 57.8 Å². The van der Waals surface area contributed by atoms with Crippen LogP contribution in [0.25, 0.3) is 0 Å². The molecule has 0 aromatic heterocycles. The van der Waals surface area contributed by atoms with Gasteiger partial charge in [0.2, 0.25) is 5.79 Å². The Morgan fingerprint density at radius 1 is 0.887 bits per heavy atom. The van der Waals surface area contributed by atoms with Gasteiger partial charge in [-0.3, -0.25) is 9.59 Å². The van der Waals surface area contributed by atoms with Crippen LogP contribution in [-0.2, 0) is 33.3 Å². The summed E-state index contributed by atoms with van der Waals surface area (Å²) in [5.41, 5.74) is -1.55. The number of ether oxygens (including phenoxy) is 5. The van der Waals surface area contributed by atoms with Gasteiger partial charge in [-0.25, -0.2) is 0 Å². The Balaban J connectivity index is 1.31. The van der Waals surface area contributed by atoms with Crippen molar-refractivity contribution < 1.29 is 53.7 Å². The minimum Gasteiger partial charge on any atom is -0.481 e. The number of rotatable bonds is 12. The van der Waals surface area contributed by atoms with Crippen LogP contribution in [0.2, 0.25) is 0 Å². The van der Waals surface area contributed by atoms with Crippen LogP contribution in [0.3, 0.4) is 0 Å². The third kappa shape index (κ3) is 7.94. The topological polar surface area (TPSA) is 161 Å². The lowest BCUT2D eigenvalue weighted by Crippen LogP contribution is -2.65. The molecule has 4 fully saturated rings. The summed E-state index contributed by atoms with van der Waals surface area (Å²) >= 11 is 0. The van der Waals surface area contributed by atoms with Crippen molar-refractivity contribution in [3.8, 4) is 0 Å². The number of aliphatic carboxylic acids is 1. The molecule has 0 aromatic carbocycles. The lowest BCUT2D eigenvalue weighted by molar-refractivity contribution is -0.416. The van der Waals surface area contributed by atoms with Gasteiger partial charge >= 0.3 is 5.97 Å². The number of carboxylic acid groups (broad SMARTS) is 1. The maximum absolute atomic E-state index is 14.4. The second kappa shape index (κ2) is 16.2. The Bertz CT molecular complexity index is 1320. The summed E-state index contributed by atoms with van der Waals surface area (Å²) in [6.45, 7) is 19.5. The van der Waals surface area contributed by atoms with Gasteiger partial charge in [0.05, 0.1) is 53.7 Å². The predicted octanol–water partition coefficient (Wildman–Crippen LogP) is 6.19. The number of hydrogen-bond acceptors (Lipinski definition) is 10. The van der Waals surface area contributed by atoms with Crippen LogP contribution >= 0.6 is 0 Å². The standard InChI is InChI=1S/C42H70O11/c1-11-29(38(46)47)31-15-14-23(4)36(50-31)27(8)34(44)26(7)35(45)30(12-2)37-24(5)22-25(6)42(51-37)32(43)16-19-41(53-42)21-20-39(10,52-41)33-17-18-40(48,13-3)28(9)49-33/h16,19,23-34,36-37,43-44,48H,11-15,17-18,20-22H2,1-10H3,(H,46,47)/t23-,24-,25+,26-,27-,28-,29+,30?,31+,32-,33+,34+,36+,37-,39-,40+,41+,42+/m0/s1. The van der Waals surface area contributed by atoms with E-state index in [1.807, 2.05) is 48.5 Å². The fourth-order valence-electron chi connectivity index (χ4n) is 10.6. The molecule has 5 rings (SSSR count). The first kappa shape index (κ1) is 42.7. The number of carbonyl (C=O) groups is 2. The van der Waals surface area contributed by atoms with Crippen molar-refractivity contribution >= 4 is 11.8 Å². The van der Waals surface area contributed by atoms with Gasteiger partial charge in [0.25, 0.3) is 0 Å². The molecule has 5 heterocycles. The van der Waals surface area contributed by atoms with E-state index in [-0.39, 0.29) is 41.8 Å². The second-order valence-corrected chi connectivity index (χ2v) is 17.9. The number of aliphatic hydroxyl groups is 3. The molecule has 0 saturated carbocycles. The van der Waals surface area contributed by atoms with Crippen LogP contribution in [0.5, 0.6) is 0 Å². The highest BCUT2D eigenvalue weighted by Crippen LogP contribution is 2.54. The van der Waals surface area contributed by atoms with Crippen molar-refractivity contribution in [2.24, 2.45) is 41.4 Å². The molecule has 11 heteroatoms. The molecule has 53 heavy (non-hydrogen) atoms. The van der Waals surface area contributed by atoms with Gasteiger partial charge in [-0.2, -0.15) is 0 Å². The van der Waals surface area contributed by atoms with Gasteiger partial charge < -0.3 is 44.1 Å². The highest BCUT2D eigenvalue weighted by atomic mass is 16.8. The van der Waals surface area contributed by atoms with Crippen molar-refractivity contribution in [3.05, 3.63) is 12.2 Å². The lowest BCUT2D eigenvalue weighted by atomic mass is 9.72. The first-order valence-corrected chi connectivity index (χ1v) is 20.7. The Morgan fingerprint density at radius 2 is 1.57 bits per heavy atom. The van der Waals surface area contributed by atoms with Crippen molar-refractivity contribution in [1.29, 1.82) is 0 Å². The molecule has 1 unspecified atom stereocenters. The Morgan fingerprint density at radius 3 is 2.17 bits per heavy atom.